The van der Waals surface area contributed by atoms with Crippen LogP contribution in [0.15, 0.2) is 24.1 Å². The van der Waals surface area contributed by atoms with Crippen LogP contribution in [-0.4, -0.2) is 25.5 Å². The molecule has 0 aromatic carbocycles. The van der Waals surface area contributed by atoms with Crippen LogP contribution in [0.5, 0.6) is 0 Å². The fourth-order valence-electron chi connectivity index (χ4n) is 1.52. The van der Waals surface area contributed by atoms with Gasteiger partial charge in [0, 0.05) is 0 Å². The number of allylic oxidation sites excluding steroid dienone is 4. The Kier molecular flexibility index (Phi) is 4.16. The quantitative estimate of drug-likeness (QED) is 0.647. The van der Waals surface area contributed by atoms with Crippen molar-refractivity contribution in [3.63, 3.8) is 0 Å². The molecule has 0 heterocycles. The zero-order chi connectivity index (χ0) is 9.68. The molecule has 0 spiro atoms. The molecule has 0 aromatic rings. The van der Waals surface area contributed by atoms with Crippen LogP contribution >= 0.6 is 0 Å². The predicted molar refractivity (Wildman–Crippen MR) is 54.2 cm³/mol. The average molecular weight is 183 g/mol. The first-order chi connectivity index (χ1) is 6.18. The molecule has 1 aliphatic carbocycles. The molecule has 0 bridgehead atoms. The van der Waals surface area contributed by atoms with E-state index in [9.17, 15) is 4.39 Å². The Bertz CT molecular complexity index is 206. The summed E-state index contributed by atoms with van der Waals surface area (Å²) in [6, 6.07) is 0. The lowest BCUT2D eigenvalue weighted by Gasteiger charge is -2.15. The van der Waals surface area contributed by atoms with Gasteiger partial charge < -0.3 is 4.90 Å². The van der Waals surface area contributed by atoms with E-state index >= 15 is 0 Å². The molecule has 0 radical (unpaired) electrons. The summed E-state index contributed by atoms with van der Waals surface area (Å²) in [5.41, 5.74) is 0. The van der Waals surface area contributed by atoms with Crippen LogP contribution in [0.3, 0.4) is 0 Å². The molecule has 0 aromatic heterocycles. The van der Waals surface area contributed by atoms with E-state index < -0.39 is 0 Å². The minimum atomic E-state index is -0.0798. The van der Waals surface area contributed by atoms with E-state index in [4.69, 9.17) is 0 Å². The van der Waals surface area contributed by atoms with Crippen LogP contribution in [0.2, 0.25) is 0 Å². The second kappa shape index (κ2) is 5.18. The first-order valence-corrected chi connectivity index (χ1v) is 4.87. The van der Waals surface area contributed by atoms with E-state index in [0.29, 0.717) is 5.92 Å². The molecule has 1 rings (SSSR count). The van der Waals surface area contributed by atoms with Gasteiger partial charge in [0.05, 0.1) is 0 Å². The normalized spacial score (nSPS) is 22.2. The largest absolute Gasteiger partial charge is 0.309 e. The molecule has 1 unspecified atom stereocenters. The zero-order valence-electron chi connectivity index (χ0n) is 8.46. The lowest BCUT2D eigenvalue weighted by Crippen LogP contribution is -2.14. The number of hydrogen-bond acceptors (Lipinski definition) is 1. The van der Waals surface area contributed by atoms with Gasteiger partial charge in [0.2, 0.25) is 0 Å². The summed E-state index contributed by atoms with van der Waals surface area (Å²) in [6.45, 7) is 1.12. The van der Waals surface area contributed by atoms with Crippen LogP contribution in [0.1, 0.15) is 19.3 Å². The highest BCUT2D eigenvalue weighted by Crippen LogP contribution is 2.21. The summed E-state index contributed by atoms with van der Waals surface area (Å²) >= 11 is 0. The third-order valence-electron chi connectivity index (χ3n) is 2.32. The summed E-state index contributed by atoms with van der Waals surface area (Å²) in [6.07, 6.45) is 8.49. The molecule has 2 heteroatoms. The van der Waals surface area contributed by atoms with Crippen molar-refractivity contribution in [1.29, 1.82) is 0 Å². The topological polar surface area (TPSA) is 3.24 Å². The first kappa shape index (κ1) is 10.5. The van der Waals surface area contributed by atoms with Crippen molar-refractivity contribution in [3.05, 3.63) is 24.1 Å². The molecular weight excluding hydrogens is 165 g/mol. The average Bonchev–Trinajstić information content (AvgIpc) is 2.08. The van der Waals surface area contributed by atoms with Crippen molar-refractivity contribution in [2.45, 2.75) is 19.3 Å². The summed E-state index contributed by atoms with van der Waals surface area (Å²) < 4.78 is 12.6. The minimum absolute atomic E-state index is 0.0798. The fraction of sp³-hybridized carbons (Fsp3) is 0.636. The Morgan fingerprint density at radius 1 is 1.54 bits per heavy atom. The van der Waals surface area contributed by atoms with Crippen LogP contribution in [0, 0.1) is 5.92 Å². The Hall–Kier alpha value is -0.630. The molecule has 74 valence electrons. The van der Waals surface area contributed by atoms with Crippen LogP contribution < -0.4 is 0 Å². The number of hydrogen-bond donors (Lipinski definition) is 0. The standard InChI is InChI=1S/C11H18FN/c1-13(2)9-3-4-10-5-7-11(12)8-6-10/h5,7-8,10H,3-4,6,9H2,1-2H3. The molecule has 0 aliphatic heterocycles. The van der Waals surface area contributed by atoms with Gasteiger partial charge in [0.15, 0.2) is 0 Å². The van der Waals surface area contributed by atoms with E-state index in [1.165, 1.54) is 12.8 Å². The van der Waals surface area contributed by atoms with E-state index in [1.54, 1.807) is 12.2 Å². The molecule has 0 saturated heterocycles. The van der Waals surface area contributed by atoms with Crippen molar-refractivity contribution in [2.75, 3.05) is 20.6 Å². The van der Waals surface area contributed by atoms with E-state index in [2.05, 4.69) is 19.0 Å². The van der Waals surface area contributed by atoms with Gasteiger partial charge in [-0.2, -0.15) is 0 Å². The van der Waals surface area contributed by atoms with Crippen LogP contribution in [0.4, 0.5) is 4.39 Å². The van der Waals surface area contributed by atoms with Gasteiger partial charge in [-0.1, -0.05) is 6.08 Å². The van der Waals surface area contributed by atoms with Gasteiger partial charge >= 0.3 is 0 Å². The zero-order valence-corrected chi connectivity index (χ0v) is 8.46. The van der Waals surface area contributed by atoms with Crippen molar-refractivity contribution in [2.24, 2.45) is 5.92 Å². The third-order valence-corrected chi connectivity index (χ3v) is 2.32. The van der Waals surface area contributed by atoms with Crippen LogP contribution in [0.25, 0.3) is 0 Å². The Morgan fingerprint density at radius 2 is 2.31 bits per heavy atom. The van der Waals surface area contributed by atoms with Gasteiger partial charge in [-0.05, 0) is 58.0 Å². The lowest BCUT2D eigenvalue weighted by molar-refractivity contribution is 0.379. The van der Waals surface area contributed by atoms with Crippen molar-refractivity contribution in [3.8, 4) is 0 Å². The maximum Gasteiger partial charge on any atom is 0.118 e. The van der Waals surface area contributed by atoms with Crippen molar-refractivity contribution in [1.82, 2.24) is 4.90 Å². The van der Waals surface area contributed by atoms with Crippen molar-refractivity contribution < 1.29 is 4.39 Å². The Labute approximate surface area is 79.9 Å². The molecule has 1 aliphatic rings. The third kappa shape index (κ3) is 4.23. The second-order valence-corrected chi connectivity index (χ2v) is 3.89. The number of nitrogens with zero attached hydrogens (tertiary/aromatic N) is 1. The Morgan fingerprint density at radius 3 is 2.85 bits per heavy atom. The van der Waals surface area contributed by atoms with Gasteiger partial charge in [0.25, 0.3) is 0 Å². The summed E-state index contributed by atoms with van der Waals surface area (Å²) in [5.74, 6) is 0.475. The van der Waals surface area contributed by atoms with Gasteiger partial charge in [-0.15, -0.1) is 0 Å². The molecule has 0 amide bonds. The molecular formula is C11H18FN. The number of rotatable bonds is 4. The van der Waals surface area contributed by atoms with E-state index in [1.807, 2.05) is 6.08 Å². The molecule has 1 atom stereocenters. The molecule has 1 nitrogen and oxygen atoms in total. The summed E-state index contributed by atoms with van der Waals surface area (Å²) in [4.78, 5) is 2.18. The highest BCUT2D eigenvalue weighted by Gasteiger charge is 2.07. The van der Waals surface area contributed by atoms with Gasteiger partial charge in [-0.25, -0.2) is 4.39 Å². The predicted octanol–water partition coefficient (Wildman–Crippen LogP) is 2.76. The monoisotopic (exact) mass is 183 g/mol. The molecule has 0 N–H and O–H groups in total. The lowest BCUT2D eigenvalue weighted by atomic mass is 9.95. The van der Waals surface area contributed by atoms with Crippen molar-refractivity contribution >= 4 is 0 Å². The van der Waals surface area contributed by atoms with Gasteiger partial charge in [-0.3, -0.25) is 0 Å². The molecule has 13 heavy (non-hydrogen) atoms. The number of halogens is 1. The highest BCUT2D eigenvalue weighted by molar-refractivity contribution is 5.17. The molecule has 0 fully saturated rings. The van der Waals surface area contributed by atoms with E-state index in [0.717, 1.165) is 13.0 Å². The van der Waals surface area contributed by atoms with Gasteiger partial charge in [0.1, 0.15) is 5.83 Å². The van der Waals surface area contributed by atoms with E-state index in [-0.39, 0.29) is 5.83 Å². The second-order valence-electron chi connectivity index (χ2n) is 3.89. The first-order valence-electron chi connectivity index (χ1n) is 4.87. The maximum atomic E-state index is 12.6. The summed E-state index contributed by atoms with van der Waals surface area (Å²) in [5, 5.41) is 0. The fourth-order valence-corrected chi connectivity index (χ4v) is 1.52. The summed E-state index contributed by atoms with van der Waals surface area (Å²) in [7, 11) is 4.16. The maximum absolute atomic E-state index is 12.6. The highest BCUT2D eigenvalue weighted by atomic mass is 19.1. The smallest absolute Gasteiger partial charge is 0.118 e. The Balaban J connectivity index is 2.14. The van der Waals surface area contributed by atoms with Crippen LogP contribution in [-0.2, 0) is 0 Å². The molecule has 0 saturated carbocycles. The SMILES string of the molecule is CN(C)CCCC1C=CC(F)=CC1. The minimum Gasteiger partial charge on any atom is -0.309 e.